The molecule has 0 bridgehead atoms. The Morgan fingerprint density at radius 2 is 2.16 bits per heavy atom. The maximum Gasteiger partial charge on any atom is 0.0208 e. The van der Waals surface area contributed by atoms with Crippen LogP contribution in [0.2, 0.25) is 0 Å². The molecule has 1 fully saturated rings. The lowest BCUT2D eigenvalue weighted by Crippen LogP contribution is -2.30. The number of nitrogens with zero attached hydrogens (tertiary/aromatic N) is 1. The standard InChI is InChI=1S/C17H28N2/c1-3-10-19-11-5-8-17(9-12-19)18-14-16-7-4-6-15(2)13-16/h4,6-7,13,17-18H,3,5,8-12,14H2,1-2H3. The first-order valence-corrected chi connectivity index (χ1v) is 7.79. The van der Waals surface area contributed by atoms with E-state index < -0.39 is 0 Å². The zero-order valence-electron chi connectivity index (χ0n) is 12.5. The Labute approximate surface area is 118 Å². The smallest absolute Gasteiger partial charge is 0.0208 e. The highest BCUT2D eigenvalue weighted by Crippen LogP contribution is 2.12. The van der Waals surface area contributed by atoms with E-state index in [1.165, 1.54) is 56.4 Å². The molecule has 1 aromatic rings. The van der Waals surface area contributed by atoms with Crippen molar-refractivity contribution in [3.05, 3.63) is 35.4 Å². The Morgan fingerprint density at radius 1 is 1.26 bits per heavy atom. The van der Waals surface area contributed by atoms with Gasteiger partial charge in [0, 0.05) is 12.6 Å². The van der Waals surface area contributed by atoms with Crippen molar-refractivity contribution in [1.29, 1.82) is 0 Å². The fourth-order valence-electron chi connectivity index (χ4n) is 2.98. The second-order valence-electron chi connectivity index (χ2n) is 5.84. The van der Waals surface area contributed by atoms with Crippen LogP contribution in [0.5, 0.6) is 0 Å². The number of hydrogen-bond acceptors (Lipinski definition) is 2. The molecule has 0 spiro atoms. The van der Waals surface area contributed by atoms with Gasteiger partial charge < -0.3 is 10.2 Å². The summed E-state index contributed by atoms with van der Waals surface area (Å²) in [5, 5.41) is 3.74. The first-order valence-electron chi connectivity index (χ1n) is 7.79. The normalized spacial score (nSPS) is 21.3. The summed E-state index contributed by atoms with van der Waals surface area (Å²) in [6.45, 7) is 9.27. The van der Waals surface area contributed by atoms with Crippen molar-refractivity contribution in [2.24, 2.45) is 0 Å². The van der Waals surface area contributed by atoms with E-state index in [0.717, 1.165) is 6.54 Å². The minimum absolute atomic E-state index is 0.697. The molecule has 2 nitrogen and oxygen atoms in total. The summed E-state index contributed by atoms with van der Waals surface area (Å²) in [5.74, 6) is 0. The number of nitrogens with one attached hydrogen (secondary N) is 1. The average Bonchev–Trinajstić information content (AvgIpc) is 2.63. The molecule has 1 heterocycles. The Kier molecular flexibility index (Phi) is 5.87. The molecule has 1 atom stereocenters. The molecule has 1 unspecified atom stereocenters. The Hall–Kier alpha value is -0.860. The van der Waals surface area contributed by atoms with Crippen LogP contribution in [0.25, 0.3) is 0 Å². The van der Waals surface area contributed by atoms with Gasteiger partial charge in [0.2, 0.25) is 0 Å². The highest BCUT2D eigenvalue weighted by Gasteiger charge is 2.15. The maximum atomic E-state index is 3.74. The van der Waals surface area contributed by atoms with Gasteiger partial charge in [-0.05, 0) is 57.8 Å². The molecular weight excluding hydrogens is 232 g/mol. The van der Waals surface area contributed by atoms with Gasteiger partial charge in [-0.3, -0.25) is 0 Å². The molecule has 1 saturated heterocycles. The molecule has 19 heavy (non-hydrogen) atoms. The summed E-state index contributed by atoms with van der Waals surface area (Å²) >= 11 is 0. The average molecular weight is 260 g/mol. The van der Waals surface area contributed by atoms with E-state index in [4.69, 9.17) is 0 Å². The number of rotatable bonds is 5. The summed E-state index contributed by atoms with van der Waals surface area (Å²) in [6.07, 6.45) is 5.24. The molecule has 0 saturated carbocycles. The Balaban J connectivity index is 1.77. The van der Waals surface area contributed by atoms with Gasteiger partial charge in [0.05, 0.1) is 0 Å². The first kappa shape index (κ1) is 14.5. The van der Waals surface area contributed by atoms with E-state index in [1.54, 1.807) is 0 Å². The van der Waals surface area contributed by atoms with Crippen LogP contribution in [-0.4, -0.2) is 30.6 Å². The summed E-state index contributed by atoms with van der Waals surface area (Å²) in [6, 6.07) is 9.52. The molecule has 0 aliphatic carbocycles. The molecule has 1 aliphatic heterocycles. The lowest BCUT2D eigenvalue weighted by atomic mass is 10.1. The summed E-state index contributed by atoms with van der Waals surface area (Å²) < 4.78 is 0. The van der Waals surface area contributed by atoms with Crippen molar-refractivity contribution >= 4 is 0 Å². The van der Waals surface area contributed by atoms with Crippen LogP contribution < -0.4 is 5.32 Å². The van der Waals surface area contributed by atoms with Crippen LogP contribution in [-0.2, 0) is 6.54 Å². The van der Waals surface area contributed by atoms with Gasteiger partial charge in [0.1, 0.15) is 0 Å². The van der Waals surface area contributed by atoms with Gasteiger partial charge in [-0.1, -0.05) is 36.8 Å². The van der Waals surface area contributed by atoms with Gasteiger partial charge in [0.25, 0.3) is 0 Å². The molecule has 106 valence electrons. The van der Waals surface area contributed by atoms with E-state index in [1.807, 2.05) is 0 Å². The molecule has 0 amide bonds. The number of aryl methyl sites for hydroxylation is 1. The van der Waals surface area contributed by atoms with Crippen molar-refractivity contribution in [3.63, 3.8) is 0 Å². The summed E-state index contributed by atoms with van der Waals surface area (Å²) in [7, 11) is 0. The van der Waals surface area contributed by atoms with Gasteiger partial charge in [-0.15, -0.1) is 0 Å². The summed E-state index contributed by atoms with van der Waals surface area (Å²) in [5.41, 5.74) is 2.77. The van der Waals surface area contributed by atoms with Crippen molar-refractivity contribution in [2.45, 2.75) is 52.1 Å². The van der Waals surface area contributed by atoms with Gasteiger partial charge >= 0.3 is 0 Å². The molecule has 2 rings (SSSR count). The highest BCUT2D eigenvalue weighted by atomic mass is 15.1. The first-order chi connectivity index (χ1) is 9.28. The predicted molar refractivity (Wildman–Crippen MR) is 82.4 cm³/mol. The predicted octanol–water partition coefficient (Wildman–Crippen LogP) is 3.35. The zero-order chi connectivity index (χ0) is 13.5. The van der Waals surface area contributed by atoms with Gasteiger partial charge in [0.15, 0.2) is 0 Å². The minimum atomic E-state index is 0.697. The van der Waals surface area contributed by atoms with E-state index in [2.05, 4.69) is 48.3 Å². The lowest BCUT2D eigenvalue weighted by Gasteiger charge is -2.19. The van der Waals surface area contributed by atoms with Crippen molar-refractivity contribution in [2.75, 3.05) is 19.6 Å². The van der Waals surface area contributed by atoms with E-state index in [0.29, 0.717) is 6.04 Å². The minimum Gasteiger partial charge on any atom is -0.310 e. The van der Waals surface area contributed by atoms with Crippen LogP contribution in [0.15, 0.2) is 24.3 Å². The topological polar surface area (TPSA) is 15.3 Å². The number of hydrogen-bond donors (Lipinski definition) is 1. The van der Waals surface area contributed by atoms with Gasteiger partial charge in [-0.2, -0.15) is 0 Å². The van der Waals surface area contributed by atoms with Crippen LogP contribution in [0.1, 0.15) is 43.7 Å². The molecule has 1 aliphatic rings. The molecule has 0 aromatic heterocycles. The van der Waals surface area contributed by atoms with Crippen LogP contribution in [0, 0.1) is 6.92 Å². The quantitative estimate of drug-likeness (QED) is 0.873. The van der Waals surface area contributed by atoms with E-state index >= 15 is 0 Å². The van der Waals surface area contributed by atoms with Crippen molar-refractivity contribution in [3.8, 4) is 0 Å². The third-order valence-electron chi connectivity index (χ3n) is 4.04. The number of likely N-dealkylation sites (tertiary alicyclic amines) is 1. The third-order valence-corrected chi connectivity index (χ3v) is 4.04. The Morgan fingerprint density at radius 3 is 2.95 bits per heavy atom. The van der Waals surface area contributed by atoms with Crippen molar-refractivity contribution in [1.82, 2.24) is 10.2 Å². The maximum absolute atomic E-state index is 3.74. The molecule has 0 radical (unpaired) electrons. The second-order valence-corrected chi connectivity index (χ2v) is 5.84. The van der Waals surface area contributed by atoms with Crippen LogP contribution in [0.3, 0.4) is 0 Å². The second kappa shape index (κ2) is 7.66. The largest absolute Gasteiger partial charge is 0.310 e. The lowest BCUT2D eigenvalue weighted by molar-refractivity contribution is 0.282. The fraction of sp³-hybridized carbons (Fsp3) is 0.647. The molecular formula is C17H28N2. The van der Waals surface area contributed by atoms with E-state index in [9.17, 15) is 0 Å². The monoisotopic (exact) mass is 260 g/mol. The fourth-order valence-corrected chi connectivity index (χ4v) is 2.98. The third kappa shape index (κ3) is 4.96. The van der Waals surface area contributed by atoms with Crippen LogP contribution in [0.4, 0.5) is 0 Å². The summed E-state index contributed by atoms with van der Waals surface area (Å²) in [4.78, 5) is 2.62. The number of benzene rings is 1. The van der Waals surface area contributed by atoms with E-state index in [-0.39, 0.29) is 0 Å². The van der Waals surface area contributed by atoms with Gasteiger partial charge in [-0.25, -0.2) is 0 Å². The zero-order valence-corrected chi connectivity index (χ0v) is 12.5. The highest BCUT2D eigenvalue weighted by molar-refractivity contribution is 5.22. The van der Waals surface area contributed by atoms with Crippen molar-refractivity contribution < 1.29 is 0 Å². The molecule has 1 aromatic carbocycles. The SMILES string of the molecule is CCCN1CCCC(NCc2cccc(C)c2)CC1. The molecule has 1 N–H and O–H groups in total. The molecule has 2 heteroatoms. The van der Waals surface area contributed by atoms with Crippen LogP contribution >= 0.6 is 0 Å². The Bertz CT molecular complexity index is 375.